The summed E-state index contributed by atoms with van der Waals surface area (Å²) in [6, 6.07) is 3.63. The van der Waals surface area contributed by atoms with Gasteiger partial charge in [0.1, 0.15) is 5.75 Å². The fourth-order valence-corrected chi connectivity index (χ4v) is 1.59. The van der Waals surface area contributed by atoms with Crippen LogP contribution in [0.1, 0.15) is 11.1 Å². The number of nitrogens with one attached hydrogen (secondary N) is 1. The lowest BCUT2D eigenvalue weighted by Crippen LogP contribution is -2.31. The lowest BCUT2D eigenvalue weighted by Gasteiger charge is -2.10. The summed E-state index contributed by atoms with van der Waals surface area (Å²) in [5.74, 6) is 0.480. The highest BCUT2D eigenvalue weighted by molar-refractivity contribution is 6.32. The van der Waals surface area contributed by atoms with Crippen LogP contribution in [0.3, 0.4) is 0 Å². The molecule has 100 valence electrons. The molecule has 0 unspecified atom stereocenters. The quantitative estimate of drug-likeness (QED) is 0.806. The summed E-state index contributed by atoms with van der Waals surface area (Å²) in [5, 5.41) is 3.41. The molecule has 4 nitrogen and oxygen atoms in total. The molecule has 1 aromatic rings. The maximum absolute atomic E-state index is 11.4. The Bertz CT molecular complexity index is 398. The number of hydrogen-bond donors (Lipinski definition) is 1. The van der Waals surface area contributed by atoms with E-state index in [0.717, 1.165) is 16.1 Å². The van der Waals surface area contributed by atoms with E-state index in [-0.39, 0.29) is 12.5 Å². The van der Waals surface area contributed by atoms with Gasteiger partial charge in [-0.05, 0) is 37.1 Å². The van der Waals surface area contributed by atoms with Gasteiger partial charge in [-0.2, -0.15) is 0 Å². The summed E-state index contributed by atoms with van der Waals surface area (Å²) in [6.07, 6.45) is 0. The van der Waals surface area contributed by atoms with E-state index in [9.17, 15) is 4.79 Å². The Morgan fingerprint density at radius 1 is 1.33 bits per heavy atom. The van der Waals surface area contributed by atoms with Gasteiger partial charge in [-0.25, -0.2) is 0 Å². The van der Waals surface area contributed by atoms with Crippen LogP contribution in [0.25, 0.3) is 0 Å². The number of hydrogen-bond acceptors (Lipinski definition) is 3. The van der Waals surface area contributed by atoms with E-state index in [1.54, 1.807) is 7.11 Å². The number of amides is 1. The van der Waals surface area contributed by atoms with Crippen molar-refractivity contribution in [3.05, 3.63) is 28.3 Å². The Labute approximate surface area is 112 Å². The molecule has 0 heterocycles. The van der Waals surface area contributed by atoms with Crippen molar-refractivity contribution in [1.29, 1.82) is 0 Å². The highest BCUT2D eigenvalue weighted by Gasteiger charge is 2.06. The molecular formula is C13H18ClNO3. The first-order valence-corrected chi connectivity index (χ1v) is 6.07. The molecule has 5 heteroatoms. The Morgan fingerprint density at radius 3 is 2.50 bits per heavy atom. The van der Waals surface area contributed by atoms with Crippen LogP contribution in [0.15, 0.2) is 12.1 Å². The average molecular weight is 272 g/mol. The second-order valence-electron chi connectivity index (χ2n) is 4.00. The van der Waals surface area contributed by atoms with Crippen molar-refractivity contribution in [1.82, 2.24) is 5.32 Å². The predicted molar refractivity (Wildman–Crippen MR) is 71.3 cm³/mol. The molecule has 0 saturated carbocycles. The second-order valence-corrected chi connectivity index (χ2v) is 4.38. The summed E-state index contributed by atoms with van der Waals surface area (Å²) < 4.78 is 10.2. The molecule has 0 atom stereocenters. The SMILES string of the molecule is COCCNC(=O)COc1cc(C)c(Cl)c(C)c1. The molecule has 0 aliphatic rings. The average Bonchev–Trinajstić information content (AvgIpc) is 2.33. The highest BCUT2D eigenvalue weighted by Crippen LogP contribution is 2.25. The Morgan fingerprint density at radius 2 is 1.94 bits per heavy atom. The monoisotopic (exact) mass is 271 g/mol. The van der Waals surface area contributed by atoms with Crippen LogP contribution in [0.2, 0.25) is 5.02 Å². The zero-order chi connectivity index (χ0) is 13.5. The predicted octanol–water partition coefficient (Wildman–Crippen LogP) is 2.10. The van der Waals surface area contributed by atoms with Crippen molar-refractivity contribution in [2.45, 2.75) is 13.8 Å². The summed E-state index contributed by atoms with van der Waals surface area (Å²) in [4.78, 5) is 11.4. The molecule has 0 bridgehead atoms. The summed E-state index contributed by atoms with van der Waals surface area (Å²) in [6.45, 7) is 4.77. The van der Waals surface area contributed by atoms with Crippen molar-refractivity contribution >= 4 is 17.5 Å². The maximum Gasteiger partial charge on any atom is 0.258 e. The third kappa shape index (κ3) is 4.55. The van der Waals surface area contributed by atoms with Crippen molar-refractivity contribution in [2.24, 2.45) is 0 Å². The maximum atomic E-state index is 11.4. The van der Waals surface area contributed by atoms with Gasteiger partial charge >= 0.3 is 0 Å². The first-order chi connectivity index (χ1) is 8.54. The van der Waals surface area contributed by atoms with Crippen LogP contribution in [0.4, 0.5) is 0 Å². The molecule has 0 spiro atoms. The summed E-state index contributed by atoms with van der Waals surface area (Å²) in [5.41, 5.74) is 1.87. The van der Waals surface area contributed by atoms with E-state index < -0.39 is 0 Å². The van der Waals surface area contributed by atoms with Crippen LogP contribution < -0.4 is 10.1 Å². The van der Waals surface area contributed by atoms with E-state index in [4.69, 9.17) is 21.1 Å². The van der Waals surface area contributed by atoms with Crippen LogP contribution in [0, 0.1) is 13.8 Å². The Balaban J connectivity index is 2.46. The zero-order valence-corrected chi connectivity index (χ0v) is 11.6. The van der Waals surface area contributed by atoms with E-state index in [1.807, 2.05) is 26.0 Å². The number of carbonyl (C=O) groups is 1. The van der Waals surface area contributed by atoms with E-state index in [1.165, 1.54) is 0 Å². The van der Waals surface area contributed by atoms with E-state index in [2.05, 4.69) is 5.32 Å². The third-order valence-electron chi connectivity index (χ3n) is 2.41. The van der Waals surface area contributed by atoms with Crippen molar-refractivity contribution in [2.75, 3.05) is 26.9 Å². The number of carbonyl (C=O) groups excluding carboxylic acids is 1. The minimum Gasteiger partial charge on any atom is -0.484 e. The number of methoxy groups -OCH3 is 1. The first kappa shape index (κ1) is 14.8. The van der Waals surface area contributed by atoms with Gasteiger partial charge in [0.25, 0.3) is 5.91 Å². The highest BCUT2D eigenvalue weighted by atomic mass is 35.5. The van der Waals surface area contributed by atoms with Crippen LogP contribution in [0.5, 0.6) is 5.75 Å². The molecule has 1 rings (SSSR count). The van der Waals surface area contributed by atoms with E-state index in [0.29, 0.717) is 18.9 Å². The van der Waals surface area contributed by atoms with Gasteiger partial charge in [0.15, 0.2) is 6.61 Å². The largest absolute Gasteiger partial charge is 0.484 e. The molecule has 0 saturated heterocycles. The molecule has 0 aromatic heterocycles. The normalized spacial score (nSPS) is 10.2. The van der Waals surface area contributed by atoms with Gasteiger partial charge in [-0.15, -0.1) is 0 Å². The van der Waals surface area contributed by atoms with Gasteiger partial charge in [-0.1, -0.05) is 11.6 Å². The number of rotatable bonds is 6. The smallest absolute Gasteiger partial charge is 0.258 e. The van der Waals surface area contributed by atoms with Crippen molar-refractivity contribution in [3.8, 4) is 5.75 Å². The molecule has 0 fully saturated rings. The lowest BCUT2D eigenvalue weighted by molar-refractivity contribution is -0.123. The van der Waals surface area contributed by atoms with Gasteiger partial charge < -0.3 is 14.8 Å². The van der Waals surface area contributed by atoms with Crippen molar-refractivity contribution < 1.29 is 14.3 Å². The van der Waals surface area contributed by atoms with Gasteiger partial charge in [0.2, 0.25) is 0 Å². The minimum absolute atomic E-state index is 0.00970. The molecule has 0 aliphatic heterocycles. The summed E-state index contributed by atoms with van der Waals surface area (Å²) in [7, 11) is 1.59. The number of benzene rings is 1. The Hall–Kier alpha value is -1.26. The van der Waals surface area contributed by atoms with Gasteiger partial charge in [0, 0.05) is 18.7 Å². The molecule has 0 radical (unpaired) electrons. The van der Waals surface area contributed by atoms with E-state index >= 15 is 0 Å². The number of ether oxygens (including phenoxy) is 2. The molecule has 1 aromatic carbocycles. The molecular weight excluding hydrogens is 254 g/mol. The van der Waals surface area contributed by atoms with Crippen LogP contribution in [-0.4, -0.2) is 32.8 Å². The third-order valence-corrected chi connectivity index (χ3v) is 3.00. The molecule has 1 N–H and O–H groups in total. The zero-order valence-electron chi connectivity index (χ0n) is 10.9. The van der Waals surface area contributed by atoms with Gasteiger partial charge in [-0.3, -0.25) is 4.79 Å². The number of aryl methyl sites for hydroxylation is 2. The topological polar surface area (TPSA) is 47.6 Å². The van der Waals surface area contributed by atoms with Crippen LogP contribution >= 0.6 is 11.6 Å². The van der Waals surface area contributed by atoms with Crippen molar-refractivity contribution in [3.63, 3.8) is 0 Å². The lowest BCUT2D eigenvalue weighted by atomic mass is 10.1. The molecule has 1 amide bonds. The summed E-state index contributed by atoms with van der Waals surface area (Å²) >= 11 is 6.05. The fraction of sp³-hybridized carbons (Fsp3) is 0.462. The fourth-order valence-electron chi connectivity index (χ4n) is 1.48. The van der Waals surface area contributed by atoms with Crippen LogP contribution in [-0.2, 0) is 9.53 Å². The second kappa shape index (κ2) is 7.24. The molecule has 0 aliphatic carbocycles. The number of halogens is 1. The Kier molecular flexibility index (Phi) is 5.95. The van der Waals surface area contributed by atoms with Gasteiger partial charge in [0.05, 0.1) is 6.61 Å². The minimum atomic E-state index is -0.169. The first-order valence-electron chi connectivity index (χ1n) is 5.69. The molecule has 18 heavy (non-hydrogen) atoms. The standard InChI is InChI=1S/C13H18ClNO3/c1-9-6-11(7-10(2)13(9)14)18-8-12(16)15-4-5-17-3/h6-7H,4-5,8H2,1-3H3,(H,15,16).